The fourth-order valence-corrected chi connectivity index (χ4v) is 5.83. The van der Waals surface area contributed by atoms with Gasteiger partial charge in [-0.3, -0.25) is 4.72 Å². The summed E-state index contributed by atoms with van der Waals surface area (Å²) in [7, 11) is 0.126. The molecule has 0 saturated heterocycles. The maximum atomic E-state index is 13.5. The van der Waals surface area contributed by atoms with E-state index in [-0.39, 0.29) is 17.0 Å². The number of aromatic nitrogens is 2. The minimum absolute atomic E-state index is 0.145. The van der Waals surface area contributed by atoms with Crippen LogP contribution in [0.4, 0.5) is 11.4 Å². The number of nitrogens with zero attached hydrogens (tertiary/aromatic N) is 4. The van der Waals surface area contributed by atoms with Gasteiger partial charge in [0.05, 0.1) is 23.3 Å². The zero-order valence-electron chi connectivity index (χ0n) is 21.4. The smallest absolute Gasteiger partial charge is 0.263 e. The number of fused-ring (bicyclic) bond motifs is 2. The summed E-state index contributed by atoms with van der Waals surface area (Å²) in [4.78, 5) is 8.99. The van der Waals surface area contributed by atoms with Gasteiger partial charge in [0.2, 0.25) is 0 Å². The van der Waals surface area contributed by atoms with Crippen molar-refractivity contribution < 1.29 is 13.2 Å². The Balaban J connectivity index is 1.65. The zero-order valence-corrected chi connectivity index (χ0v) is 22.2. The van der Waals surface area contributed by atoms with Crippen molar-refractivity contribution in [2.75, 3.05) is 36.9 Å². The van der Waals surface area contributed by atoms with E-state index >= 15 is 0 Å². The first-order chi connectivity index (χ1) is 17.2. The minimum Gasteiger partial charge on any atom is -0.490 e. The molecule has 190 valence electrons. The van der Waals surface area contributed by atoms with Crippen LogP contribution >= 0.6 is 0 Å². The van der Waals surface area contributed by atoms with Crippen molar-refractivity contribution in [3.8, 4) is 16.9 Å². The van der Waals surface area contributed by atoms with Gasteiger partial charge in [-0.15, -0.1) is 0 Å². The van der Waals surface area contributed by atoms with Crippen LogP contribution in [0.5, 0.6) is 5.75 Å². The van der Waals surface area contributed by atoms with Gasteiger partial charge in [0, 0.05) is 50.3 Å². The first-order valence-electron chi connectivity index (χ1n) is 12.3. The maximum absolute atomic E-state index is 13.5. The molecule has 1 aromatic carbocycles. The van der Waals surface area contributed by atoms with E-state index in [1.807, 2.05) is 30.2 Å². The Hall–Kier alpha value is -3.46. The summed E-state index contributed by atoms with van der Waals surface area (Å²) in [5.41, 5.74) is 4.15. The Labute approximate surface area is 212 Å². The average Bonchev–Trinajstić information content (AvgIpc) is 3.15. The fraction of sp³-hybridized carbons (Fsp3) is 0.370. The second kappa shape index (κ2) is 9.20. The fourth-order valence-electron chi connectivity index (χ4n) is 4.67. The summed E-state index contributed by atoms with van der Waals surface area (Å²) in [6, 6.07) is 8.21. The molecule has 0 aliphatic carbocycles. The van der Waals surface area contributed by atoms with Crippen LogP contribution in [0.2, 0.25) is 0 Å². The minimum atomic E-state index is -3.82. The van der Waals surface area contributed by atoms with Crippen molar-refractivity contribution in [3.63, 3.8) is 0 Å². The molecule has 1 atom stereocenters. The Morgan fingerprint density at radius 2 is 2.00 bits per heavy atom. The summed E-state index contributed by atoms with van der Waals surface area (Å²) in [5, 5.41) is 0.772. The predicted molar refractivity (Wildman–Crippen MR) is 146 cm³/mol. The van der Waals surface area contributed by atoms with Gasteiger partial charge in [0.15, 0.2) is 0 Å². The number of likely N-dealkylation sites (N-methyl/N-ethyl adjacent to an activating group) is 1. The number of benzene rings is 1. The standard InChI is InChI=1S/C27H33N5O3S/c1-18(2)32-17-22(20-9-10-25-24(15-20)30(4)13-14-35-25)26-23(11-12-28-27(26)32)29-36(33,34)21-8-6-7-19(3)31(5)16-21/h6,8-12,15-19H,7,13-14H2,1-5H3,(H,28,29). The number of pyridine rings is 1. The lowest BCUT2D eigenvalue weighted by Gasteiger charge is -2.28. The van der Waals surface area contributed by atoms with Gasteiger partial charge in [-0.2, -0.15) is 0 Å². The van der Waals surface area contributed by atoms with Crippen LogP contribution in [-0.2, 0) is 10.0 Å². The number of sulfonamides is 1. The lowest BCUT2D eigenvalue weighted by atomic mass is 10.0. The second-order valence-corrected chi connectivity index (χ2v) is 11.5. The van der Waals surface area contributed by atoms with Gasteiger partial charge in [0.1, 0.15) is 22.9 Å². The SMILES string of the molecule is CC1CC=CC(S(=O)(=O)Nc2ccnc3c2c(-c2ccc4c(c2)N(C)CCO4)cn3C(C)C)=CN1C. The van der Waals surface area contributed by atoms with Gasteiger partial charge in [0.25, 0.3) is 10.0 Å². The highest BCUT2D eigenvalue weighted by Crippen LogP contribution is 2.41. The molecule has 8 nitrogen and oxygen atoms in total. The molecule has 0 amide bonds. The normalized spacial score (nSPS) is 18.2. The van der Waals surface area contributed by atoms with E-state index in [0.29, 0.717) is 12.3 Å². The first-order valence-corrected chi connectivity index (χ1v) is 13.7. The average molecular weight is 508 g/mol. The molecule has 0 saturated carbocycles. The molecule has 0 fully saturated rings. The lowest BCUT2D eigenvalue weighted by molar-refractivity contribution is 0.311. The molecule has 0 spiro atoms. The van der Waals surface area contributed by atoms with Crippen LogP contribution in [0, 0.1) is 0 Å². The molecule has 1 unspecified atom stereocenters. The molecule has 5 rings (SSSR count). The number of anilines is 2. The molecule has 0 bridgehead atoms. The number of hydrogen-bond donors (Lipinski definition) is 1. The molecule has 9 heteroatoms. The third kappa shape index (κ3) is 4.32. The molecule has 3 aromatic rings. The van der Waals surface area contributed by atoms with Crippen LogP contribution < -0.4 is 14.4 Å². The molecule has 2 aromatic heterocycles. The summed E-state index contributed by atoms with van der Waals surface area (Å²) in [6.07, 6.45) is 9.78. The molecular weight excluding hydrogens is 474 g/mol. The van der Waals surface area contributed by atoms with E-state index in [9.17, 15) is 8.42 Å². The van der Waals surface area contributed by atoms with Crippen molar-refractivity contribution in [1.29, 1.82) is 0 Å². The predicted octanol–water partition coefficient (Wildman–Crippen LogP) is 4.98. The Kier molecular flexibility index (Phi) is 6.20. The third-order valence-corrected chi connectivity index (χ3v) is 8.33. The van der Waals surface area contributed by atoms with E-state index < -0.39 is 10.0 Å². The largest absolute Gasteiger partial charge is 0.490 e. The van der Waals surface area contributed by atoms with Crippen LogP contribution in [0.25, 0.3) is 22.2 Å². The number of nitrogens with one attached hydrogen (secondary N) is 1. The summed E-state index contributed by atoms with van der Waals surface area (Å²) < 4.78 is 37.8. The summed E-state index contributed by atoms with van der Waals surface area (Å²) in [5.74, 6) is 0.851. The van der Waals surface area contributed by atoms with Crippen LogP contribution in [0.3, 0.4) is 0 Å². The van der Waals surface area contributed by atoms with Crippen LogP contribution in [0.15, 0.2) is 59.9 Å². The molecular formula is C27H33N5O3S. The second-order valence-electron chi connectivity index (χ2n) is 9.84. The molecule has 1 N–H and O–H groups in total. The van der Waals surface area contributed by atoms with Gasteiger partial charge in [-0.25, -0.2) is 13.4 Å². The lowest BCUT2D eigenvalue weighted by Crippen LogP contribution is -2.28. The highest BCUT2D eigenvalue weighted by atomic mass is 32.2. The Morgan fingerprint density at radius 3 is 2.78 bits per heavy atom. The van der Waals surface area contributed by atoms with Crippen LogP contribution in [0.1, 0.15) is 33.2 Å². The topological polar surface area (TPSA) is 79.7 Å². The van der Waals surface area contributed by atoms with E-state index in [1.54, 1.807) is 24.5 Å². The molecule has 2 aliphatic rings. The number of rotatable bonds is 5. The van der Waals surface area contributed by atoms with E-state index in [2.05, 4.69) is 59.3 Å². The third-order valence-electron chi connectivity index (χ3n) is 6.97. The van der Waals surface area contributed by atoms with Gasteiger partial charge in [-0.05, 0) is 57.0 Å². The Morgan fingerprint density at radius 1 is 1.19 bits per heavy atom. The Bertz CT molecular complexity index is 1470. The van der Waals surface area contributed by atoms with E-state index in [1.165, 1.54) is 0 Å². The number of hydrogen-bond acceptors (Lipinski definition) is 6. The van der Waals surface area contributed by atoms with Gasteiger partial charge < -0.3 is 19.1 Å². The van der Waals surface area contributed by atoms with Crippen molar-refractivity contribution >= 4 is 32.4 Å². The van der Waals surface area contributed by atoms with Crippen molar-refractivity contribution in [1.82, 2.24) is 14.5 Å². The van der Waals surface area contributed by atoms with Crippen LogP contribution in [-0.4, -0.2) is 56.2 Å². The number of ether oxygens (including phenoxy) is 1. The first kappa shape index (κ1) is 24.2. The molecule has 4 heterocycles. The van der Waals surface area contributed by atoms with E-state index in [0.717, 1.165) is 46.6 Å². The number of allylic oxidation sites excluding steroid dienone is 1. The highest BCUT2D eigenvalue weighted by Gasteiger charge is 2.24. The molecule has 2 aliphatic heterocycles. The highest BCUT2D eigenvalue weighted by molar-refractivity contribution is 7.96. The summed E-state index contributed by atoms with van der Waals surface area (Å²) in [6.45, 7) is 7.72. The summed E-state index contributed by atoms with van der Waals surface area (Å²) >= 11 is 0. The quantitative estimate of drug-likeness (QED) is 0.525. The van der Waals surface area contributed by atoms with E-state index in [4.69, 9.17) is 4.74 Å². The van der Waals surface area contributed by atoms with Crippen molar-refractivity contribution in [2.45, 2.75) is 39.3 Å². The van der Waals surface area contributed by atoms with Gasteiger partial charge in [-0.1, -0.05) is 12.1 Å². The molecule has 0 radical (unpaired) electrons. The maximum Gasteiger partial charge on any atom is 0.263 e. The zero-order chi connectivity index (χ0) is 25.6. The van der Waals surface area contributed by atoms with Crippen molar-refractivity contribution in [2.24, 2.45) is 0 Å². The van der Waals surface area contributed by atoms with Gasteiger partial charge >= 0.3 is 0 Å². The van der Waals surface area contributed by atoms with Crippen molar-refractivity contribution in [3.05, 3.63) is 59.9 Å². The molecule has 36 heavy (non-hydrogen) atoms. The monoisotopic (exact) mass is 507 g/mol.